The van der Waals surface area contributed by atoms with Gasteiger partial charge in [-0.1, -0.05) is 37.3 Å². The first-order valence-electron chi connectivity index (χ1n) is 7.59. The van der Waals surface area contributed by atoms with E-state index >= 15 is 0 Å². The highest BCUT2D eigenvalue weighted by atomic mass is 16.5. The number of ketones is 2. The molecular weight excluding hydrogens is 276 g/mol. The van der Waals surface area contributed by atoms with E-state index in [1.165, 1.54) is 0 Å². The van der Waals surface area contributed by atoms with Crippen molar-refractivity contribution in [3.05, 3.63) is 64.7 Å². The third-order valence-electron chi connectivity index (χ3n) is 4.02. The molecular formula is C19H18O3. The molecule has 0 spiro atoms. The lowest BCUT2D eigenvalue weighted by atomic mass is 9.96. The van der Waals surface area contributed by atoms with Crippen LogP contribution in [0.3, 0.4) is 0 Å². The highest BCUT2D eigenvalue weighted by Gasteiger charge is 2.22. The molecule has 22 heavy (non-hydrogen) atoms. The fraction of sp³-hybridized carbons (Fsp3) is 0.263. The average molecular weight is 294 g/mol. The molecule has 0 amide bonds. The Labute approximate surface area is 129 Å². The molecule has 0 radical (unpaired) electrons. The molecule has 112 valence electrons. The molecule has 1 aliphatic rings. The summed E-state index contributed by atoms with van der Waals surface area (Å²) in [5.41, 5.74) is 3.19. The zero-order valence-electron chi connectivity index (χ0n) is 12.6. The van der Waals surface area contributed by atoms with Gasteiger partial charge in [0, 0.05) is 24.0 Å². The van der Waals surface area contributed by atoms with Crippen LogP contribution < -0.4 is 4.74 Å². The number of hydrogen-bond acceptors (Lipinski definition) is 3. The second kappa shape index (κ2) is 6.14. The minimum absolute atomic E-state index is 0.00762. The Hall–Kier alpha value is -2.42. The maximum atomic E-state index is 12.7. The largest absolute Gasteiger partial charge is 0.488 e. The highest BCUT2D eigenvalue weighted by molar-refractivity contribution is 6.12. The lowest BCUT2D eigenvalue weighted by Crippen LogP contribution is -2.04. The summed E-state index contributed by atoms with van der Waals surface area (Å²) in [6, 6.07) is 13.2. The highest BCUT2D eigenvalue weighted by Crippen LogP contribution is 2.29. The van der Waals surface area contributed by atoms with Crippen molar-refractivity contribution in [1.82, 2.24) is 0 Å². The Bertz CT molecular complexity index is 731. The lowest BCUT2D eigenvalue weighted by molar-refractivity contribution is -0.118. The van der Waals surface area contributed by atoms with E-state index in [1.54, 1.807) is 0 Å². The van der Waals surface area contributed by atoms with Crippen LogP contribution in [-0.4, -0.2) is 11.6 Å². The molecule has 0 aliphatic carbocycles. The number of benzene rings is 2. The predicted molar refractivity (Wildman–Crippen MR) is 84.3 cm³/mol. The van der Waals surface area contributed by atoms with E-state index in [1.807, 2.05) is 49.4 Å². The van der Waals surface area contributed by atoms with Crippen molar-refractivity contribution in [2.75, 3.05) is 0 Å². The summed E-state index contributed by atoms with van der Waals surface area (Å²) >= 11 is 0. The van der Waals surface area contributed by atoms with Gasteiger partial charge >= 0.3 is 0 Å². The summed E-state index contributed by atoms with van der Waals surface area (Å²) < 4.78 is 5.76. The average Bonchev–Trinajstić information content (AvgIpc) is 2.70. The second-order valence-corrected chi connectivity index (χ2v) is 5.50. The quantitative estimate of drug-likeness (QED) is 0.863. The minimum Gasteiger partial charge on any atom is -0.488 e. The van der Waals surface area contributed by atoms with Gasteiger partial charge in [-0.3, -0.25) is 9.59 Å². The zero-order valence-corrected chi connectivity index (χ0v) is 12.6. The minimum atomic E-state index is -0.00762. The van der Waals surface area contributed by atoms with E-state index < -0.39 is 0 Å². The molecule has 0 fully saturated rings. The number of rotatable bonds is 4. The summed E-state index contributed by atoms with van der Waals surface area (Å²) in [4.78, 5) is 24.2. The van der Waals surface area contributed by atoms with Gasteiger partial charge in [-0.2, -0.15) is 0 Å². The van der Waals surface area contributed by atoms with Crippen LogP contribution in [0.4, 0.5) is 0 Å². The number of hydrogen-bond donors (Lipinski definition) is 0. The van der Waals surface area contributed by atoms with E-state index in [9.17, 15) is 9.59 Å². The molecule has 0 aromatic heterocycles. The van der Waals surface area contributed by atoms with Crippen LogP contribution in [0.2, 0.25) is 0 Å². The van der Waals surface area contributed by atoms with Crippen molar-refractivity contribution in [3.63, 3.8) is 0 Å². The van der Waals surface area contributed by atoms with Gasteiger partial charge in [-0.15, -0.1) is 0 Å². The van der Waals surface area contributed by atoms with E-state index in [0.717, 1.165) is 11.1 Å². The van der Waals surface area contributed by atoms with Crippen molar-refractivity contribution in [3.8, 4) is 5.75 Å². The molecule has 0 unspecified atom stereocenters. The van der Waals surface area contributed by atoms with Crippen LogP contribution in [0.25, 0.3) is 0 Å². The van der Waals surface area contributed by atoms with Gasteiger partial charge in [0.25, 0.3) is 0 Å². The van der Waals surface area contributed by atoms with E-state index in [0.29, 0.717) is 42.7 Å². The molecule has 1 aliphatic heterocycles. The van der Waals surface area contributed by atoms with Gasteiger partial charge in [0.2, 0.25) is 0 Å². The van der Waals surface area contributed by atoms with Crippen LogP contribution in [0.5, 0.6) is 5.75 Å². The number of ether oxygens (including phenoxy) is 1. The van der Waals surface area contributed by atoms with E-state index in [2.05, 4.69) is 0 Å². The van der Waals surface area contributed by atoms with Crippen molar-refractivity contribution in [1.29, 1.82) is 0 Å². The Balaban J connectivity index is 1.92. The second-order valence-electron chi connectivity index (χ2n) is 5.50. The van der Waals surface area contributed by atoms with Crippen molar-refractivity contribution >= 4 is 11.6 Å². The maximum absolute atomic E-state index is 12.7. The first-order chi connectivity index (χ1) is 10.7. The summed E-state index contributed by atoms with van der Waals surface area (Å²) in [6.07, 6.45) is 1.73. The summed E-state index contributed by atoms with van der Waals surface area (Å²) in [5.74, 6) is 0.849. The van der Waals surface area contributed by atoms with Crippen molar-refractivity contribution in [2.45, 2.75) is 32.8 Å². The summed E-state index contributed by atoms with van der Waals surface area (Å²) in [6.45, 7) is 2.27. The molecule has 3 rings (SSSR count). The summed E-state index contributed by atoms with van der Waals surface area (Å²) in [7, 11) is 0. The van der Waals surface area contributed by atoms with Crippen LogP contribution >= 0.6 is 0 Å². The number of fused-ring (bicyclic) bond motifs is 2. The monoisotopic (exact) mass is 294 g/mol. The molecule has 0 bridgehead atoms. The van der Waals surface area contributed by atoms with Crippen LogP contribution in [0, 0.1) is 0 Å². The van der Waals surface area contributed by atoms with Gasteiger partial charge in [0.05, 0.1) is 5.56 Å². The SMILES string of the molecule is CCC(=O)CCc1ccc2c(c1)C(=O)c1ccccc1CO2. The zero-order chi connectivity index (χ0) is 15.5. The Morgan fingerprint density at radius 3 is 2.77 bits per heavy atom. The summed E-state index contributed by atoms with van der Waals surface area (Å²) in [5, 5.41) is 0. The molecule has 1 heterocycles. The molecule has 2 aromatic carbocycles. The van der Waals surface area contributed by atoms with Gasteiger partial charge < -0.3 is 4.74 Å². The standard InChI is InChI=1S/C19H18O3/c1-2-15(20)9-7-13-8-10-18-17(11-13)19(21)16-6-4-3-5-14(16)12-22-18/h3-6,8,10-11H,2,7,9,12H2,1H3. The van der Waals surface area contributed by atoms with Crippen LogP contribution in [0.1, 0.15) is 46.8 Å². The predicted octanol–water partition coefficient (Wildman–Crippen LogP) is 3.72. The number of carbonyl (C=O) groups is 2. The normalized spacial score (nSPS) is 12.9. The third-order valence-corrected chi connectivity index (χ3v) is 4.02. The lowest BCUT2D eigenvalue weighted by Gasteiger charge is -2.08. The molecule has 0 N–H and O–H groups in total. The topological polar surface area (TPSA) is 43.4 Å². The first-order valence-corrected chi connectivity index (χ1v) is 7.59. The fourth-order valence-corrected chi connectivity index (χ4v) is 2.66. The van der Waals surface area contributed by atoms with E-state index in [4.69, 9.17) is 4.74 Å². The molecule has 3 heteroatoms. The molecule has 2 aromatic rings. The van der Waals surface area contributed by atoms with Gasteiger partial charge in [0.1, 0.15) is 18.1 Å². The first kappa shape index (κ1) is 14.5. The third kappa shape index (κ3) is 2.80. The molecule has 0 saturated carbocycles. The Morgan fingerprint density at radius 1 is 1.14 bits per heavy atom. The number of aryl methyl sites for hydroxylation is 1. The molecule has 3 nitrogen and oxygen atoms in total. The van der Waals surface area contributed by atoms with E-state index in [-0.39, 0.29) is 11.6 Å². The van der Waals surface area contributed by atoms with Gasteiger partial charge in [-0.05, 0) is 24.1 Å². The van der Waals surface area contributed by atoms with Crippen LogP contribution in [-0.2, 0) is 17.8 Å². The molecule has 0 saturated heterocycles. The number of carbonyl (C=O) groups excluding carboxylic acids is 2. The Kier molecular flexibility index (Phi) is 4.05. The van der Waals surface area contributed by atoms with Gasteiger partial charge in [0.15, 0.2) is 5.78 Å². The smallest absolute Gasteiger partial charge is 0.197 e. The van der Waals surface area contributed by atoms with Crippen LogP contribution in [0.15, 0.2) is 42.5 Å². The molecule has 0 atom stereocenters. The van der Waals surface area contributed by atoms with Crippen molar-refractivity contribution < 1.29 is 14.3 Å². The van der Waals surface area contributed by atoms with Gasteiger partial charge in [-0.25, -0.2) is 0 Å². The maximum Gasteiger partial charge on any atom is 0.197 e. The number of Topliss-reactive ketones (excluding diaryl/α,β-unsaturated/α-hetero) is 1. The Morgan fingerprint density at radius 2 is 1.95 bits per heavy atom. The fourth-order valence-electron chi connectivity index (χ4n) is 2.66. The van der Waals surface area contributed by atoms with Crippen molar-refractivity contribution in [2.24, 2.45) is 0 Å².